The van der Waals surface area contributed by atoms with Crippen LogP contribution in [-0.2, 0) is 11.3 Å². The minimum atomic E-state index is -2.66. The molecule has 0 N–H and O–H groups in total. The maximum atomic E-state index is 13.3. The van der Waals surface area contributed by atoms with Crippen molar-refractivity contribution in [3.05, 3.63) is 17.5 Å². The summed E-state index contributed by atoms with van der Waals surface area (Å²) in [6, 6.07) is 1.34. The van der Waals surface area contributed by atoms with Crippen LogP contribution >= 0.6 is 0 Å². The van der Waals surface area contributed by atoms with Crippen molar-refractivity contribution in [2.75, 3.05) is 31.1 Å². The van der Waals surface area contributed by atoms with Crippen LogP contribution in [-0.4, -0.2) is 63.8 Å². The lowest BCUT2D eigenvalue weighted by molar-refractivity contribution is -0.157. The van der Waals surface area contributed by atoms with Crippen LogP contribution in [0, 0.1) is 12.3 Å². The molecule has 3 heterocycles. The second-order valence-corrected chi connectivity index (χ2v) is 8.63. The smallest absolute Gasteiger partial charge is 0.327 e. The first-order valence-electron chi connectivity index (χ1n) is 9.71. The second-order valence-electron chi connectivity index (χ2n) is 8.63. The Kier molecular flexibility index (Phi) is 4.50. The van der Waals surface area contributed by atoms with E-state index in [4.69, 9.17) is 0 Å². The number of alkyl halides is 2. The van der Waals surface area contributed by atoms with Crippen LogP contribution in [0.1, 0.15) is 44.0 Å². The molecule has 2 saturated heterocycles. The van der Waals surface area contributed by atoms with E-state index >= 15 is 0 Å². The number of amides is 3. The van der Waals surface area contributed by atoms with E-state index in [2.05, 4.69) is 14.9 Å². The lowest BCUT2D eigenvalue weighted by Crippen LogP contribution is -2.51. The highest BCUT2D eigenvalue weighted by Crippen LogP contribution is 2.52. The van der Waals surface area contributed by atoms with Gasteiger partial charge in [-0.2, -0.15) is 0 Å². The Balaban J connectivity index is 1.45. The van der Waals surface area contributed by atoms with Gasteiger partial charge in [0.05, 0.1) is 12.2 Å². The number of aryl methyl sites for hydroxylation is 1. The number of aromatic nitrogens is 2. The van der Waals surface area contributed by atoms with Crippen LogP contribution in [0.5, 0.6) is 0 Å². The summed E-state index contributed by atoms with van der Waals surface area (Å²) in [5.41, 5.74) is 0.760. The predicted octanol–water partition coefficient (Wildman–Crippen LogP) is 2.58. The number of imide groups is 1. The Bertz CT molecular complexity index is 802. The molecule has 0 bridgehead atoms. The third kappa shape index (κ3) is 3.66. The number of hydrogen-bond acceptors (Lipinski definition) is 5. The first-order valence-corrected chi connectivity index (χ1v) is 9.71. The van der Waals surface area contributed by atoms with Crippen molar-refractivity contribution in [3.8, 4) is 0 Å². The van der Waals surface area contributed by atoms with Crippen LogP contribution in [0.3, 0.4) is 0 Å². The van der Waals surface area contributed by atoms with Crippen LogP contribution in [0.15, 0.2) is 6.07 Å². The summed E-state index contributed by atoms with van der Waals surface area (Å²) in [6.45, 7) is 5.59. The normalized spacial score (nSPS) is 23.5. The molecule has 3 aliphatic rings. The van der Waals surface area contributed by atoms with Gasteiger partial charge in [0.2, 0.25) is 11.9 Å². The summed E-state index contributed by atoms with van der Waals surface area (Å²) in [5.74, 6) is -2.35. The third-order valence-electron chi connectivity index (χ3n) is 5.68. The van der Waals surface area contributed by atoms with Gasteiger partial charge in [-0.25, -0.2) is 23.5 Å². The standard InChI is InChI=1S/C19H25F2N5O2/c1-13-7-14(23-16(22-13)24-5-3-4-6-24)8-26-15(27)9-25(17(26)28)12-18(2)10-19(20,21)11-18/h7H,3-6,8-12H2,1-2H3. The minimum Gasteiger partial charge on any atom is -0.341 e. The Morgan fingerprint density at radius 2 is 1.82 bits per heavy atom. The van der Waals surface area contributed by atoms with Gasteiger partial charge in [-0.15, -0.1) is 0 Å². The van der Waals surface area contributed by atoms with Gasteiger partial charge in [0.25, 0.3) is 5.91 Å². The molecule has 152 valence electrons. The maximum Gasteiger partial charge on any atom is 0.327 e. The van der Waals surface area contributed by atoms with Crippen LogP contribution < -0.4 is 4.90 Å². The van der Waals surface area contributed by atoms with Crippen molar-refractivity contribution in [1.29, 1.82) is 0 Å². The Morgan fingerprint density at radius 1 is 1.14 bits per heavy atom. The fourth-order valence-corrected chi connectivity index (χ4v) is 4.56. The number of rotatable bonds is 5. The molecule has 4 rings (SSSR count). The average molecular weight is 393 g/mol. The fraction of sp³-hybridized carbons (Fsp3) is 0.684. The van der Waals surface area contributed by atoms with Crippen LogP contribution in [0.2, 0.25) is 0 Å². The highest BCUT2D eigenvalue weighted by atomic mass is 19.3. The molecule has 7 nitrogen and oxygen atoms in total. The number of hydrogen-bond donors (Lipinski definition) is 0. The van der Waals surface area contributed by atoms with Gasteiger partial charge in [0.15, 0.2) is 0 Å². The summed E-state index contributed by atoms with van der Waals surface area (Å²) in [5, 5.41) is 0. The molecular weight excluding hydrogens is 368 g/mol. The van der Waals surface area contributed by atoms with E-state index in [9.17, 15) is 18.4 Å². The zero-order valence-corrected chi connectivity index (χ0v) is 16.2. The van der Waals surface area contributed by atoms with E-state index in [0.717, 1.165) is 36.5 Å². The quantitative estimate of drug-likeness (QED) is 0.720. The minimum absolute atomic E-state index is 0.0664. The number of nitrogens with zero attached hydrogens (tertiary/aromatic N) is 5. The van der Waals surface area contributed by atoms with Gasteiger partial charge < -0.3 is 9.80 Å². The van der Waals surface area contributed by atoms with E-state index in [1.165, 1.54) is 4.90 Å². The van der Waals surface area contributed by atoms with E-state index < -0.39 is 17.4 Å². The summed E-state index contributed by atoms with van der Waals surface area (Å²) < 4.78 is 26.5. The van der Waals surface area contributed by atoms with E-state index in [-0.39, 0.29) is 38.4 Å². The number of anilines is 1. The van der Waals surface area contributed by atoms with Crippen molar-refractivity contribution in [1.82, 2.24) is 19.8 Å². The Hall–Kier alpha value is -2.32. The number of urea groups is 1. The molecule has 2 aliphatic heterocycles. The molecule has 1 aromatic rings. The van der Waals surface area contributed by atoms with Crippen molar-refractivity contribution in [2.24, 2.45) is 5.41 Å². The third-order valence-corrected chi connectivity index (χ3v) is 5.68. The molecule has 0 aromatic carbocycles. The molecule has 3 amide bonds. The molecule has 1 aromatic heterocycles. The van der Waals surface area contributed by atoms with E-state index in [1.807, 2.05) is 6.92 Å². The lowest BCUT2D eigenvalue weighted by Gasteiger charge is -2.46. The average Bonchev–Trinajstić information content (AvgIpc) is 3.17. The lowest BCUT2D eigenvalue weighted by atomic mass is 9.67. The number of halogens is 2. The van der Waals surface area contributed by atoms with Crippen LogP contribution in [0.4, 0.5) is 19.5 Å². The van der Waals surface area contributed by atoms with E-state index in [0.29, 0.717) is 11.6 Å². The largest absolute Gasteiger partial charge is 0.341 e. The van der Waals surface area contributed by atoms with Crippen LogP contribution in [0.25, 0.3) is 0 Å². The molecule has 1 saturated carbocycles. The molecule has 0 radical (unpaired) electrons. The molecule has 3 fully saturated rings. The van der Waals surface area contributed by atoms with Gasteiger partial charge >= 0.3 is 6.03 Å². The predicted molar refractivity (Wildman–Crippen MR) is 98.0 cm³/mol. The summed E-state index contributed by atoms with van der Waals surface area (Å²) in [6.07, 6.45) is 1.70. The number of carbonyl (C=O) groups is 2. The second kappa shape index (κ2) is 6.63. The summed E-state index contributed by atoms with van der Waals surface area (Å²) >= 11 is 0. The SMILES string of the molecule is Cc1cc(CN2C(=O)CN(CC3(C)CC(F)(F)C3)C2=O)nc(N2CCCC2)n1. The molecule has 9 heteroatoms. The van der Waals surface area contributed by atoms with Gasteiger partial charge in [-0.3, -0.25) is 9.69 Å². The first kappa shape index (κ1) is 19.0. The van der Waals surface area contributed by atoms with Crippen molar-refractivity contribution < 1.29 is 18.4 Å². The van der Waals surface area contributed by atoms with E-state index in [1.54, 1.807) is 13.0 Å². The maximum absolute atomic E-state index is 13.3. The highest BCUT2D eigenvalue weighted by molar-refractivity contribution is 6.01. The molecule has 28 heavy (non-hydrogen) atoms. The summed E-state index contributed by atoms with van der Waals surface area (Å²) in [4.78, 5) is 38.8. The monoisotopic (exact) mass is 393 g/mol. The number of carbonyl (C=O) groups excluding carboxylic acids is 2. The fourth-order valence-electron chi connectivity index (χ4n) is 4.56. The zero-order chi connectivity index (χ0) is 20.1. The van der Waals surface area contributed by atoms with Gasteiger partial charge in [-0.1, -0.05) is 6.92 Å². The Labute approximate surface area is 162 Å². The molecule has 1 aliphatic carbocycles. The Morgan fingerprint density at radius 3 is 2.46 bits per heavy atom. The zero-order valence-electron chi connectivity index (χ0n) is 16.2. The van der Waals surface area contributed by atoms with Crippen molar-refractivity contribution >= 4 is 17.9 Å². The van der Waals surface area contributed by atoms with Gasteiger partial charge in [0, 0.05) is 38.2 Å². The molecule has 0 spiro atoms. The van der Waals surface area contributed by atoms with Gasteiger partial charge in [-0.05, 0) is 31.2 Å². The summed E-state index contributed by atoms with van der Waals surface area (Å²) in [7, 11) is 0. The molecule has 0 unspecified atom stereocenters. The first-order chi connectivity index (χ1) is 13.1. The molecular formula is C19H25F2N5O2. The van der Waals surface area contributed by atoms with Gasteiger partial charge in [0.1, 0.15) is 6.54 Å². The van der Waals surface area contributed by atoms with Crippen molar-refractivity contribution in [2.45, 2.75) is 52.0 Å². The van der Waals surface area contributed by atoms with Crippen molar-refractivity contribution in [3.63, 3.8) is 0 Å². The topological polar surface area (TPSA) is 69.6 Å². The molecule has 0 atom stereocenters. The highest BCUT2D eigenvalue weighted by Gasteiger charge is 2.55.